The second-order valence-corrected chi connectivity index (χ2v) is 3.58. The second-order valence-electron chi connectivity index (χ2n) is 3.58. The van der Waals surface area contributed by atoms with Crippen LogP contribution in [-0.4, -0.2) is 5.78 Å². The van der Waals surface area contributed by atoms with Gasteiger partial charge in [0.15, 0.2) is 5.78 Å². The van der Waals surface area contributed by atoms with E-state index in [0.717, 1.165) is 16.3 Å². The molecule has 2 nitrogen and oxygen atoms in total. The molecule has 0 saturated heterocycles. The van der Waals surface area contributed by atoms with Crippen molar-refractivity contribution in [2.45, 2.75) is 0 Å². The maximum Gasteiger partial charge on any atom is 0.185 e. The molecule has 1 aliphatic rings. The Labute approximate surface area is 86.5 Å². The van der Waals surface area contributed by atoms with Crippen LogP contribution in [0.4, 0.5) is 0 Å². The van der Waals surface area contributed by atoms with Crippen LogP contribution in [0.15, 0.2) is 36.4 Å². The molecule has 3 rings (SSSR count). The minimum absolute atomic E-state index is 0.190. The Kier molecular flexibility index (Phi) is 1.48. The number of ketones is 1. The van der Waals surface area contributed by atoms with Crippen LogP contribution >= 0.6 is 0 Å². The van der Waals surface area contributed by atoms with Crippen LogP contribution < -0.4 is 5.11 Å². The average molecular weight is 195 g/mol. The summed E-state index contributed by atoms with van der Waals surface area (Å²) in [5, 5.41) is 13.3. The summed E-state index contributed by atoms with van der Waals surface area (Å²) in [5.74, 6) is -0.381. The molecule has 15 heavy (non-hydrogen) atoms. The Hall–Kier alpha value is -2.09. The van der Waals surface area contributed by atoms with Gasteiger partial charge in [0, 0.05) is 5.56 Å². The highest BCUT2D eigenvalue weighted by atomic mass is 16.3. The monoisotopic (exact) mass is 195 g/mol. The Bertz CT molecular complexity index is 609. The van der Waals surface area contributed by atoms with Crippen molar-refractivity contribution in [3.8, 4) is 5.75 Å². The number of rotatable bonds is 0. The maximum atomic E-state index is 11.6. The van der Waals surface area contributed by atoms with Gasteiger partial charge in [0.2, 0.25) is 0 Å². The van der Waals surface area contributed by atoms with Crippen LogP contribution in [0.5, 0.6) is 5.75 Å². The average Bonchev–Trinajstić information content (AvgIpc) is 2.25. The zero-order chi connectivity index (χ0) is 10.4. The van der Waals surface area contributed by atoms with Gasteiger partial charge in [0.05, 0.1) is 0 Å². The maximum absolute atomic E-state index is 11.6. The summed E-state index contributed by atoms with van der Waals surface area (Å²) in [6, 6.07) is 8.96. The molecule has 72 valence electrons. The predicted octanol–water partition coefficient (Wildman–Crippen LogP) is 2.12. The van der Waals surface area contributed by atoms with E-state index in [4.69, 9.17) is 0 Å². The molecule has 0 unspecified atom stereocenters. The smallest absolute Gasteiger partial charge is 0.185 e. The van der Waals surface area contributed by atoms with E-state index >= 15 is 0 Å². The fourth-order valence-corrected chi connectivity index (χ4v) is 2.02. The van der Waals surface area contributed by atoms with Gasteiger partial charge in [-0.05, 0) is 22.4 Å². The summed E-state index contributed by atoms with van der Waals surface area (Å²) in [7, 11) is 0. The number of hydrogen-bond acceptors (Lipinski definition) is 2. The quantitative estimate of drug-likeness (QED) is 0.646. The summed E-state index contributed by atoms with van der Waals surface area (Å²) >= 11 is 0. The van der Waals surface area contributed by atoms with Crippen molar-refractivity contribution < 1.29 is 9.90 Å². The van der Waals surface area contributed by atoms with E-state index in [-0.39, 0.29) is 11.5 Å². The molecule has 0 radical (unpaired) electrons. The SMILES string of the molecule is O=C1C=Cc2cccc3ccc([O-])c1c23. The van der Waals surface area contributed by atoms with Crippen molar-refractivity contribution in [1.82, 2.24) is 0 Å². The van der Waals surface area contributed by atoms with Gasteiger partial charge < -0.3 is 5.11 Å². The number of allylic oxidation sites excluding steroid dienone is 1. The minimum Gasteiger partial charge on any atom is -0.872 e. The molecule has 0 saturated carbocycles. The van der Waals surface area contributed by atoms with Crippen molar-refractivity contribution in [3.63, 3.8) is 0 Å². The van der Waals surface area contributed by atoms with Crippen molar-refractivity contribution in [3.05, 3.63) is 47.5 Å². The summed E-state index contributed by atoms with van der Waals surface area (Å²) in [5.41, 5.74) is 1.26. The highest BCUT2D eigenvalue weighted by molar-refractivity contribution is 6.21. The fraction of sp³-hybridized carbons (Fsp3) is 0. The fourth-order valence-electron chi connectivity index (χ4n) is 2.02. The molecule has 2 aromatic carbocycles. The molecular formula is C13H7O2-. The molecular weight excluding hydrogens is 188 g/mol. The molecule has 2 aromatic rings. The number of benzene rings is 2. The molecule has 0 aromatic heterocycles. The summed E-state index contributed by atoms with van der Waals surface area (Å²) < 4.78 is 0. The summed E-state index contributed by atoms with van der Waals surface area (Å²) in [4.78, 5) is 11.6. The number of carbonyl (C=O) groups is 1. The lowest BCUT2D eigenvalue weighted by molar-refractivity contribution is -0.268. The van der Waals surface area contributed by atoms with Gasteiger partial charge in [0.1, 0.15) is 0 Å². The van der Waals surface area contributed by atoms with Crippen molar-refractivity contribution >= 4 is 22.6 Å². The van der Waals surface area contributed by atoms with E-state index in [9.17, 15) is 9.90 Å². The van der Waals surface area contributed by atoms with Crippen LogP contribution in [0.2, 0.25) is 0 Å². The Balaban J connectivity index is 2.60. The van der Waals surface area contributed by atoms with E-state index in [2.05, 4.69) is 0 Å². The van der Waals surface area contributed by atoms with E-state index in [0.29, 0.717) is 5.56 Å². The van der Waals surface area contributed by atoms with E-state index < -0.39 is 0 Å². The van der Waals surface area contributed by atoms with Crippen molar-refractivity contribution in [1.29, 1.82) is 0 Å². The summed E-state index contributed by atoms with van der Waals surface area (Å²) in [6.07, 6.45) is 3.22. The molecule has 0 spiro atoms. The lowest BCUT2D eigenvalue weighted by Gasteiger charge is -2.18. The van der Waals surface area contributed by atoms with Crippen LogP contribution in [-0.2, 0) is 0 Å². The predicted molar refractivity (Wildman–Crippen MR) is 56.8 cm³/mol. The van der Waals surface area contributed by atoms with Crippen LogP contribution in [0.25, 0.3) is 16.8 Å². The van der Waals surface area contributed by atoms with Gasteiger partial charge >= 0.3 is 0 Å². The van der Waals surface area contributed by atoms with Crippen LogP contribution in [0, 0.1) is 0 Å². The third-order valence-electron chi connectivity index (χ3n) is 2.70. The van der Waals surface area contributed by atoms with Gasteiger partial charge in [-0.1, -0.05) is 42.2 Å². The van der Waals surface area contributed by atoms with Gasteiger partial charge in [-0.25, -0.2) is 0 Å². The molecule has 0 atom stereocenters. The normalized spacial score (nSPS) is 13.5. The number of hydrogen-bond donors (Lipinski definition) is 0. The number of carbonyl (C=O) groups excluding carboxylic acids is 1. The third kappa shape index (κ3) is 1.02. The highest BCUT2D eigenvalue weighted by Gasteiger charge is 2.14. The molecule has 0 fully saturated rings. The van der Waals surface area contributed by atoms with Crippen molar-refractivity contribution in [2.24, 2.45) is 0 Å². The first-order valence-electron chi connectivity index (χ1n) is 4.72. The Morgan fingerprint density at radius 3 is 2.73 bits per heavy atom. The van der Waals surface area contributed by atoms with Gasteiger partial charge in [-0.2, -0.15) is 0 Å². The Morgan fingerprint density at radius 2 is 1.87 bits per heavy atom. The van der Waals surface area contributed by atoms with Gasteiger partial charge in [0.25, 0.3) is 0 Å². The van der Waals surface area contributed by atoms with Gasteiger partial charge in [-0.3, -0.25) is 4.79 Å². The zero-order valence-corrected chi connectivity index (χ0v) is 7.86. The second kappa shape index (κ2) is 2.70. The van der Waals surface area contributed by atoms with E-state index in [1.165, 1.54) is 12.1 Å². The first kappa shape index (κ1) is 8.24. The third-order valence-corrected chi connectivity index (χ3v) is 2.70. The van der Waals surface area contributed by atoms with Crippen molar-refractivity contribution in [2.75, 3.05) is 0 Å². The first-order chi connectivity index (χ1) is 7.27. The molecule has 0 amide bonds. The topological polar surface area (TPSA) is 40.1 Å². The Morgan fingerprint density at radius 1 is 1.00 bits per heavy atom. The molecule has 0 heterocycles. The van der Waals surface area contributed by atoms with Gasteiger partial charge in [-0.15, -0.1) is 0 Å². The molecule has 0 N–H and O–H groups in total. The lowest BCUT2D eigenvalue weighted by atomic mass is 9.92. The lowest BCUT2D eigenvalue weighted by Crippen LogP contribution is -2.06. The molecule has 0 aliphatic heterocycles. The molecule has 2 heteroatoms. The van der Waals surface area contributed by atoms with Crippen LogP contribution in [0.3, 0.4) is 0 Å². The largest absolute Gasteiger partial charge is 0.872 e. The standard InChI is InChI=1S/C13H8O2/c14-10-6-4-8-2-1-3-9-5-7-11(15)13(10)12(8)9/h1-7,14H/p-1. The summed E-state index contributed by atoms with van der Waals surface area (Å²) in [6.45, 7) is 0. The minimum atomic E-state index is -0.190. The van der Waals surface area contributed by atoms with E-state index in [1.54, 1.807) is 12.1 Å². The zero-order valence-electron chi connectivity index (χ0n) is 7.86. The highest BCUT2D eigenvalue weighted by Crippen LogP contribution is 2.32. The van der Waals surface area contributed by atoms with E-state index in [1.807, 2.05) is 18.2 Å². The molecule has 1 aliphatic carbocycles. The van der Waals surface area contributed by atoms with Crippen LogP contribution in [0.1, 0.15) is 15.9 Å². The first-order valence-corrected chi connectivity index (χ1v) is 4.72. The molecule has 0 bridgehead atoms.